The Bertz CT molecular complexity index is 2490. The molecule has 4 nitrogen and oxygen atoms in total. The largest absolute Gasteiger partial charge is 0.455 e. The number of hydrogen-bond acceptors (Lipinski definition) is 4. The lowest BCUT2D eigenvalue weighted by molar-refractivity contribution is 0.670. The summed E-state index contributed by atoms with van der Waals surface area (Å²) in [6.07, 6.45) is 9.34. The molecule has 6 aromatic carbocycles. The van der Waals surface area contributed by atoms with Crippen LogP contribution in [0.25, 0.3) is 77.7 Å². The van der Waals surface area contributed by atoms with Crippen LogP contribution >= 0.6 is 0 Å². The summed E-state index contributed by atoms with van der Waals surface area (Å²) in [5.74, 6) is 2.14. The fourth-order valence-electron chi connectivity index (χ4n) is 6.64. The first-order valence-electron chi connectivity index (χ1n) is 16.0. The maximum atomic E-state index is 6.64. The van der Waals surface area contributed by atoms with Crippen LogP contribution in [0.3, 0.4) is 0 Å². The molecule has 4 heteroatoms. The van der Waals surface area contributed by atoms with Gasteiger partial charge in [0.2, 0.25) is 0 Å². The highest BCUT2D eigenvalue weighted by Crippen LogP contribution is 2.41. The van der Waals surface area contributed by atoms with E-state index in [2.05, 4.69) is 140 Å². The van der Waals surface area contributed by atoms with Crippen molar-refractivity contribution in [1.82, 2.24) is 15.0 Å². The van der Waals surface area contributed by atoms with Crippen molar-refractivity contribution in [2.24, 2.45) is 0 Å². The molecule has 0 saturated heterocycles. The number of fused-ring (bicyclic) bond motifs is 4. The molecule has 9 rings (SSSR count). The van der Waals surface area contributed by atoms with Crippen LogP contribution in [0.15, 0.2) is 162 Å². The van der Waals surface area contributed by atoms with Gasteiger partial charge in [-0.2, -0.15) is 0 Å². The van der Waals surface area contributed by atoms with Crippen molar-refractivity contribution < 1.29 is 4.42 Å². The molecule has 0 bridgehead atoms. The molecule has 0 aliphatic heterocycles. The lowest BCUT2D eigenvalue weighted by atomic mass is 9.98. The van der Waals surface area contributed by atoms with E-state index in [1.807, 2.05) is 18.2 Å². The average Bonchev–Trinajstić information content (AvgIpc) is 3.54. The molecular formula is C43H29N3O. The number of rotatable bonds is 5. The van der Waals surface area contributed by atoms with Crippen molar-refractivity contribution in [1.29, 1.82) is 0 Å². The third kappa shape index (κ3) is 4.91. The summed E-state index contributed by atoms with van der Waals surface area (Å²) in [7, 11) is 0. The monoisotopic (exact) mass is 603 g/mol. The van der Waals surface area contributed by atoms with Gasteiger partial charge in [0, 0.05) is 33.4 Å². The first kappa shape index (κ1) is 27.2. The third-order valence-corrected chi connectivity index (χ3v) is 9.04. The summed E-state index contributed by atoms with van der Waals surface area (Å²) in [6.45, 7) is 0. The minimum Gasteiger partial charge on any atom is -0.455 e. The van der Waals surface area contributed by atoms with Crippen LogP contribution < -0.4 is 0 Å². The summed E-state index contributed by atoms with van der Waals surface area (Å²) < 4.78 is 6.64. The van der Waals surface area contributed by atoms with Gasteiger partial charge >= 0.3 is 0 Å². The van der Waals surface area contributed by atoms with Crippen LogP contribution in [-0.2, 0) is 0 Å². The lowest BCUT2D eigenvalue weighted by Crippen LogP contribution is -2.08. The second-order valence-corrected chi connectivity index (χ2v) is 12.0. The quantitative estimate of drug-likeness (QED) is 0.196. The Labute approximate surface area is 272 Å². The van der Waals surface area contributed by atoms with E-state index in [-0.39, 0.29) is 5.92 Å². The fraction of sp³-hybridized carbons (Fsp3) is 0.0465. The Hall–Kier alpha value is -6.13. The van der Waals surface area contributed by atoms with Gasteiger partial charge in [0.15, 0.2) is 11.6 Å². The normalized spacial score (nSPS) is 14.3. The van der Waals surface area contributed by atoms with Gasteiger partial charge in [-0.3, -0.25) is 0 Å². The van der Waals surface area contributed by atoms with Crippen molar-refractivity contribution in [3.8, 4) is 45.0 Å². The van der Waals surface area contributed by atoms with E-state index < -0.39 is 0 Å². The Kier molecular flexibility index (Phi) is 6.57. The molecule has 1 aliphatic carbocycles. The molecule has 1 aliphatic rings. The van der Waals surface area contributed by atoms with Crippen molar-refractivity contribution >= 4 is 32.7 Å². The zero-order valence-corrected chi connectivity index (χ0v) is 25.5. The van der Waals surface area contributed by atoms with Gasteiger partial charge in [0.05, 0.1) is 0 Å². The standard InChI is InChI=1S/C43H29N3O/c1-3-11-28(12-4-1)30-21-24-32(25-22-30)42-44-41(31-14-5-2-6-15-31)45-43(46-42)37-19-10-20-38-39(37)36-18-9-17-35(40(36)47-38)34-26-23-29-13-7-8-16-33(29)27-34/h1-14,16-27,31H,15H2. The Morgan fingerprint density at radius 1 is 0.532 bits per heavy atom. The van der Waals surface area contributed by atoms with Gasteiger partial charge < -0.3 is 4.42 Å². The molecule has 0 spiro atoms. The predicted octanol–water partition coefficient (Wildman–Crippen LogP) is 11.2. The highest BCUT2D eigenvalue weighted by atomic mass is 16.3. The van der Waals surface area contributed by atoms with Crippen LogP contribution in [0.1, 0.15) is 18.2 Å². The van der Waals surface area contributed by atoms with E-state index in [0.717, 1.165) is 62.0 Å². The summed E-state index contributed by atoms with van der Waals surface area (Å²) >= 11 is 0. The smallest absolute Gasteiger partial charge is 0.164 e. The second-order valence-electron chi connectivity index (χ2n) is 12.0. The third-order valence-electron chi connectivity index (χ3n) is 9.04. The highest BCUT2D eigenvalue weighted by Gasteiger charge is 2.21. The molecular weight excluding hydrogens is 574 g/mol. The minimum absolute atomic E-state index is 0.0731. The maximum Gasteiger partial charge on any atom is 0.164 e. The summed E-state index contributed by atoms with van der Waals surface area (Å²) in [5.41, 5.74) is 8.06. The SMILES string of the molecule is C1=CCC(c2nc(-c3ccc(-c4ccccc4)cc3)nc(-c3cccc4oc5c(-c6ccc7ccccc7c6)cccc5c34)n2)C=C1. The molecule has 8 aromatic rings. The predicted molar refractivity (Wildman–Crippen MR) is 192 cm³/mol. The molecule has 47 heavy (non-hydrogen) atoms. The van der Waals surface area contributed by atoms with Gasteiger partial charge in [-0.05, 0) is 46.0 Å². The molecule has 1 unspecified atom stereocenters. The molecule has 2 aromatic heterocycles. The first-order chi connectivity index (χ1) is 23.3. The molecule has 1 atom stereocenters. The zero-order chi connectivity index (χ0) is 31.2. The average molecular weight is 604 g/mol. The van der Waals surface area contributed by atoms with Gasteiger partial charge in [-0.25, -0.2) is 15.0 Å². The lowest BCUT2D eigenvalue weighted by Gasteiger charge is -2.15. The zero-order valence-electron chi connectivity index (χ0n) is 25.5. The molecule has 2 heterocycles. The van der Waals surface area contributed by atoms with E-state index in [9.17, 15) is 0 Å². The van der Waals surface area contributed by atoms with Crippen LogP contribution in [0, 0.1) is 0 Å². The topological polar surface area (TPSA) is 51.8 Å². The van der Waals surface area contributed by atoms with Gasteiger partial charge in [-0.1, -0.05) is 146 Å². The molecule has 0 fully saturated rings. The summed E-state index contributed by atoms with van der Waals surface area (Å²) in [5, 5.41) is 4.46. The number of benzene rings is 6. The van der Waals surface area contributed by atoms with E-state index >= 15 is 0 Å². The maximum absolute atomic E-state index is 6.64. The van der Waals surface area contributed by atoms with E-state index in [4.69, 9.17) is 19.4 Å². The van der Waals surface area contributed by atoms with Gasteiger partial charge in [-0.15, -0.1) is 0 Å². The van der Waals surface area contributed by atoms with Crippen molar-refractivity contribution in [3.05, 3.63) is 164 Å². The number of nitrogens with zero attached hydrogens (tertiary/aromatic N) is 3. The Balaban J connectivity index is 1.21. The first-order valence-corrected chi connectivity index (χ1v) is 16.0. The number of allylic oxidation sites excluding steroid dienone is 4. The number of aromatic nitrogens is 3. The van der Waals surface area contributed by atoms with Crippen molar-refractivity contribution in [2.75, 3.05) is 0 Å². The molecule has 222 valence electrons. The second kappa shape index (κ2) is 11.3. The Morgan fingerprint density at radius 2 is 1.26 bits per heavy atom. The van der Waals surface area contributed by atoms with Gasteiger partial charge in [0.1, 0.15) is 17.0 Å². The van der Waals surface area contributed by atoms with Crippen molar-refractivity contribution in [2.45, 2.75) is 12.3 Å². The van der Waals surface area contributed by atoms with Crippen LogP contribution in [0.4, 0.5) is 0 Å². The highest BCUT2D eigenvalue weighted by molar-refractivity contribution is 6.15. The van der Waals surface area contributed by atoms with E-state index in [1.165, 1.54) is 16.3 Å². The molecule has 0 N–H and O–H groups in total. The summed E-state index contributed by atoms with van der Waals surface area (Å²) in [6, 6.07) is 46.4. The van der Waals surface area contributed by atoms with Crippen LogP contribution in [0.5, 0.6) is 0 Å². The van der Waals surface area contributed by atoms with Crippen molar-refractivity contribution in [3.63, 3.8) is 0 Å². The summed E-state index contributed by atoms with van der Waals surface area (Å²) in [4.78, 5) is 15.3. The fourth-order valence-corrected chi connectivity index (χ4v) is 6.64. The number of furan rings is 1. The molecule has 0 radical (unpaired) electrons. The minimum atomic E-state index is 0.0731. The Morgan fingerprint density at radius 3 is 2.11 bits per heavy atom. The van der Waals surface area contributed by atoms with E-state index in [1.54, 1.807) is 0 Å². The number of para-hydroxylation sites is 1. The molecule has 0 amide bonds. The van der Waals surface area contributed by atoms with Crippen LogP contribution in [0.2, 0.25) is 0 Å². The van der Waals surface area contributed by atoms with Gasteiger partial charge in [0.25, 0.3) is 0 Å². The molecule has 0 saturated carbocycles. The van der Waals surface area contributed by atoms with Crippen LogP contribution in [-0.4, -0.2) is 15.0 Å². The number of hydrogen-bond donors (Lipinski definition) is 0. The van der Waals surface area contributed by atoms with E-state index in [0.29, 0.717) is 11.6 Å².